The number of carbonyl (C=O) groups excluding carboxylic acids is 3. The number of hydrogen-bond donors (Lipinski definition) is 2. The average molecular weight is 880 g/mol. The van der Waals surface area contributed by atoms with Crippen LogP contribution in [0.15, 0.2) is 60.8 Å². The molecule has 0 aromatic heterocycles. The third kappa shape index (κ3) is 31.7. The number of likely N-dealkylation sites (N-methyl/N-ethyl adjacent to an activating group) is 1. The second kappa shape index (κ2) is 34.7. The highest BCUT2D eigenvalue weighted by Crippen LogP contribution is 2.38. The normalized spacial score (nSPS) is 19.5. The number of ketones is 1. The van der Waals surface area contributed by atoms with E-state index in [1.54, 1.807) is 12.2 Å². The van der Waals surface area contributed by atoms with Gasteiger partial charge in [-0.25, -0.2) is 0 Å². The minimum Gasteiger partial charge on any atom is -0.756 e. The van der Waals surface area contributed by atoms with E-state index in [-0.39, 0.29) is 44.2 Å². The minimum atomic E-state index is -4.70. The van der Waals surface area contributed by atoms with E-state index in [1.165, 1.54) is 0 Å². The number of aliphatic hydroxyl groups is 2. The number of allylic oxidation sites excluding steroid dienone is 9. The van der Waals surface area contributed by atoms with Crippen molar-refractivity contribution in [3.05, 3.63) is 60.8 Å². The summed E-state index contributed by atoms with van der Waals surface area (Å²) in [5, 5.41) is 20.8. The van der Waals surface area contributed by atoms with E-state index in [2.05, 4.69) is 62.5 Å². The highest BCUT2D eigenvalue weighted by molar-refractivity contribution is 7.45. The lowest BCUT2D eigenvalue weighted by atomic mass is 9.88. The molecule has 1 aliphatic carbocycles. The molecule has 0 heterocycles. The zero-order valence-corrected chi connectivity index (χ0v) is 39.2. The maximum absolute atomic E-state index is 12.7. The van der Waals surface area contributed by atoms with E-state index in [1.807, 2.05) is 21.1 Å². The molecule has 350 valence electrons. The number of carbonyl (C=O) groups is 3. The number of nitrogens with zero attached hydrogens (tertiary/aromatic N) is 1. The fourth-order valence-corrected chi connectivity index (χ4v) is 7.51. The van der Waals surface area contributed by atoms with E-state index >= 15 is 0 Å². The molecule has 0 aliphatic heterocycles. The van der Waals surface area contributed by atoms with Crippen molar-refractivity contribution in [3.63, 3.8) is 0 Å². The molecule has 2 N–H and O–H groups in total. The van der Waals surface area contributed by atoms with Gasteiger partial charge in [0, 0.05) is 25.2 Å². The van der Waals surface area contributed by atoms with Crippen molar-refractivity contribution in [2.24, 2.45) is 11.8 Å². The first kappa shape index (κ1) is 56.3. The Labute approximate surface area is 368 Å². The quantitative estimate of drug-likeness (QED) is 0.0201. The fraction of sp³-hybridized carbons (Fsp3) is 0.729. The van der Waals surface area contributed by atoms with Crippen molar-refractivity contribution in [1.82, 2.24) is 0 Å². The summed E-state index contributed by atoms with van der Waals surface area (Å²) >= 11 is 0. The Kier molecular flexibility index (Phi) is 32.1. The first-order chi connectivity index (χ1) is 29.2. The van der Waals surface area contributed by atoms with Crippen LogP contribution in [0.4, 0.5) is 0 Å². The molecule has 0 aromatic rings. The summed E-state index contributed by atoms with van der Waals surface area (Å²) < 4.78 is 33.9. The van der Waals surface area contributed by atoms with Crippen molar-refractivity contribution in [3.8, 4) is 0 Å². The predicted molar refractivity (Wildman–Crippen MR) is 241 cm³/mol. The molecular weight excluding hydrogens is 797 g/mol. The van der Waals surface area contributed by atoms with Crippen LogP contribution in [0, 0.1) is 11.8 Å². The first-order valence-corrected chi connectivity index (χ1v) is 24.6. The van der Waals surface area contributed by atoms with Crippen LogP contribution in [-0.4, -0.2) is 98.2 Å². The Morgan fingerprint density at radius 1 is 0.803 bits per heavy atom. The monoisotopic (exact) mass is 880 g/mol. The van der Waals surface area contributed by atoms with E-state index < -0.39 is 50.6 Å². The summed E-state index contributed by atoms with van der Waals surface area (Å²) in [6, 6.07) is 0. The van der Waals surface area contributed by atoms with Gasteiger partial charge < -0.3 is 38.1 Å². The number of ether oxygens (including phenoxy) is 2. The summed E-state index contributed by atoms with van der Waals surface area (Å²) in [5.41, 5.74) is 0. The molecule has 1 aliphatic rings. The molecule has 0 bridgehead atoms. The Bertz CT molecular complexity index is 1390. The van der Waals surface area contributed by atoms with Crippen LogP contribution in [0.25, 0.3) is 0 Å². The molecule has 13 heteroatoms. The summed E-state index contributed by atoms with van der Waals surface area (Å²) in [7, 11) is 1.01. The summed E-state index contributed by atoms with van der Waals surface area (Å²) in [4.78, 5) is 50.3. The number of quaternary nitrogens is 1. The molecule has 1 saturated carbocycles. The predicted octanol–water partition coefficient (Wildman–Crippen LogP) is 9.20. The first-order valence-electron chi connectivity index (χ1n) is 23.1. The van der Waals surface area contributed by atoms with E-state index in [0.717, 1.165) is 89.9 Å². The summed E-state index contributed by atoms with van der Waals surface area (Å²) in [6.45, 7) is 3.70. The zero-order valence-electron chi connectivity index (χ0n) is 38.3. The second-order valence-electron chi connectivity index (χ2n) is 17.2. The van der Waals surface area contributed by atoms with Gasteiger partial charge in [0.2, 0.25) is 0 Å². The van der Waals surface area contributed by atoms with Gasteiger partial charge in [-0.2, -0.15) is 0 Å². The van der Waals surface area contributed by atoms with Gasteiger partial charge in [0.05, 0.1) is 40.0 Å². The molecule has 6 atom stereocenters. The van der Waals surface area contributed by atoms with Crippen molar-refractivity contribution in [1.29, 1.82) is 0 Å². The van der Waals surface area contributed by atoms with Crippen LogP contribution < -0.4 is 4.89 Å². The number of hydrogen-bond acceptors (Lipinski definition) is 11. The van der Waals surface area contributed by atoms with Crippen molar-refractivity contribution in [2.75, 3.05) is 47.5 Å². The zero-order chi connectivity index (χ0) is 45.2. The summed E-state index contributed by atoms with van der Waals surface area (Å²) in [6.07, 6.45) is 34.4. The fourth-order valence-electron chi connectivity index (χ4n) is 6.78. The molecule has 0 spiro atoms. The topological polar surface area (TPSA) is 169 Å². The minimum absolute atomic E-state index is 0.00118. The molecule has 0 amide bonds. The maximum atomic E-state index is 12.7. The lowest BCUT2D eigenvalue weighted by molar-refractivity contribution is -0.870. The number of unbranched alkanes of at least 4 members (excludes halogenated alkanes) is 9. The highest BCUT2D eigenvalue weighted by atomic mass is 31.2. The molecule has 0 saturated heterocycles. The second-order valence-corrected chi connectivity index (χ2v) is 18.6. The van der Waals surface area contributed by atoms with Gasteiger partial charge in [-0.05, 0) is 70.1 Å². The van der Waals surface area contributed by atoms with Gasteiger partial charge >= 0.3 is 11.9 Å². The van der Waals surface area contributed by atoms with Crippen LogP contribution in [0.3, 0.4) is 0 Å². The number of phosphoric acid groups is 1. The van der Waals surface area contributed by atoms with E-state index in [9.17, 15) is 34.1 Å². The van der Waals surface area contributed by atoms with Crippen LogP contribution in [0.5, 0.6) is 0 Å². The molecule has 0 aromatic carbocycles. The molecule has 1 unspecified atom stereocenters. The Hall–Kier alpha value is -2.70. The van der Waals surface area contributed by atoms with Crippen LogP contribution in [0.2, 0.25) is 0 Å². The van der Waals surface area contributed by atoms with Gasteiger partial charge in [-0.15, -0.1) is 0 Å². The van der Waals surface area contributed by atoms with Gasteiger partial charge in [-0.1, -0.05) is 126 Å². The number of aliphatic hydroxyl groups excluding tert-OH is 2. The van der Waals surface area contributed by atoms with Crippen molar-refractivity contribution in [2.45, 2.75) is 167 Å². The Balaban J connectivity index is 2.47. The third-order valence-corrected chi connectivity index (χ3v) is 11.4. The number of Topliss-reactive ketones (excluding diaryl/α,β-unsaturated/α-hetero) is 1. The van der Waals surface area contributed by atoms with Gasteiger partial charge in [0.15, 0.2) is 6.10 Å². The van der Waals surface area contributed by atoms with E-state index in [4.69, 9.17) is 18.5 Å². The molecule has 1 fully saturated rings. The van der Waals surface area contributed by atoms with E-state index in [0.29, 0.717) is 36.7 Å². The SMILES string of the molecule is CC/C=C\C/C=C\C/C=C\C/C=C\CCCCCCC(=O)O[C@H](COC(=O)CCCCCC[C@H]1[C@@H](O)CC(=O)[C@@H]1/C=C/[C@@H](O)CCCCC)COP(=O)([O-])OCC[N+](C)(C)C. The molecule has 1 rings (SSSR count). The smallest absolute Gasteiger partial charge is 0.306 e. The Morgan fingerprint density at radius 2 is 1.41 bits per heavy atom. The number of phosphoric ester groups is 1. The van der Waals surface area contributed by atoms with Crippen molar-refractivity contribution < 1.29 is 57.1 Å². The van der Waals surface area contributed by atoms with Crippen LogP contribution in [0.1, 0.15) is 149 Å². The maximum Gasteiger partial charge on any atom is 0.306 e. The van der Waals surface area contributed by atoms with Gasteiger partial charge in [0.1, 0.15) is 25.5 Å². The molecule has 12 nitrogen and oxygen atoms in total. The number of esters is 2. The molecule has 0 radical (unpaired) electrons. The lowest BCUT2D eigenvalue weighted by Crippen LogP contribution is -2.37. The van der Waals surface area contributed by atoms with Gasteiger partial charge in [0.25, 0.3) is 7.82 Å². The molecular formula is C48H82NO11P. The Morgan fingerprint density at radius 3 is 2.05 bits per heavy atom. The van der Waals surface area contributed by atoms with Crippen LogP contribution >= 0.6 is 7.82 Å². The number of rotatable bonds is 37. The third-order valence-electron chi connectivity index (χ3n) is 10.4. The summed E-state index contributed by atoms with van der Waals surface area (Å²) in [5.74, 6) is -1.61. The highest BCUT2D eigenvalue weighted by Gasteiger charge is 2.39. The average Bonchev–Trinajstić information content (AvgIpc) is 3.47. The largest absolute Gasteiger partial charge is 0.756 e. The lowest BCUT2D eigenvalue weighted by Gasteiger charge is -2.28. The van der Waals surface area contributed by atoms with Crippen molar-refractivity contribution >= 4 is 25.5 Å². The van der Waals surface area contributed by atoms with Crippen LogP contribution in [-0.2, 0) is 37.5 Å². The van der Waals surface area contributed by atoms with Gasteiger partial charge in [-0.3, -0.25) is 18.9 Å². The standard InChI is InChI=1S/C48H82NO11P/c1-6-8-10-11-12-13-14-15-16-17-18-19-20-21-22-23-29-33-48(54)60-42(40-59-61(55,56)58-37-36-49(3,4)5)39-57-47(53)32-28-25-24-27-31-43-44(46(52)38-45(43)51)35-34-41(50)30-26-9-7-2/h8,10,12-13,15-16,18-19,34-35,41-45,50-51H,6-7,9,11,14,17,20-33,36-40H2,1-5H3/b10-8-,13-12-,16-15-,19-18-,35-34+/t41-,42+,43+,44+,45-/m0/s1. The molecule has 61 heavy (non-hydrogen) atoms.